The van der Waals surface area contributed by atoms with Crippen molar-refractivity contribution in [2.24, 2.45) is 5.92 Å². The second-order valence-corrected chi connectivity index (χ2v) is 5.94. The number of hydrogen-bond donors (Lipinski definition) is 1. The van der Waals surface area contributed by atoms with Crippen LogP contribution in [0.15, 0.2) is 18.2 Å². The highest BCUT2D eigenvalue weighted by atomic mass is 35.5. The molecule has 2 aliphatic rings. The van der Waals surface area contributed by atoms with Crippen LogP contribution in [-0.2, 0) is 16.0 Å². The Kier molecular flexibility index (Phi) is 3.87. The number of aliphatic hydroxyl groups excluding tert-OH is 1. The van der Waals surface area contributed by atoms with Crippen molar-refractivity contribution in [2.75, 3.05) is 31.1 Å². The molecule has 1 unspecified atom stereocenters. The molecule has 6 heteroatoms. The van der Waals surface area contributed by atoms with Gasteiger partial charge in [0, 0.05) is 42.9 Å². The van der Waals surface area contributed by atoms with Crippen LogP contribution in [0.2, 0.25) is 5.02 Å². The molecule has 2 heterocycles. The van der Waals surface area contributed by atoms with Gasteiger partial charge in [-0.3, -0.25) is 9.59 Å². The molecule has 0 aliphatic carbocycles. The van der Waals surface area contributed by atoms with Crippen LogP contribution in [0.4, 0.5) is 5.69 Å². The molecule has 1 fully saturated rings. The van der Waals surface area contributed by atoms with Crippen LogP contribution >= 0.6 is 11.6 Å². The van der Waals surface area contributed by atoms with Crippen LogP contribution in [0.5, 0.6) is 0 Å². The van der Waals surface area contributed by atoms with E-state index in [1.165, 1.54) is 9.80 Å². The molecule has 2 aliphatic heterocycles. The minimum atomic E-state index is -0.505. The zero-order valence-electron chi connectivity index (χ0n) is 11.6. The lowest BCUT2D eigenvalue weighted by atomic mass is 10.1. The molecule has 2 amide bonds. The van der Waals surface area contributed by atoms with E-state index in [1.54, 1.807) is 12.1 Å². The largest absolute Gasteiger partial charge is 0.396 e. The van der Waals surface area contributed by atoms with Gasteiger partial charge in [-0.15, -0.1) is 0 Å². The first-order chi connectivity index (χ1) is 10.1. The van der Waals surface area contributed by atoms with Crippen molar-refractivity contribution < 1.29 is 14.7 Å². The van der Waals surface area contributed by atoms with Crippen LogP contribution in [0.3, 0.4) is 0 Å². The van der Waals surface area contributed by atoms with E-state index in [9.17, 15) is 9.59 Å². The fraction of sp³-hybridized carbons (Fsp3) is 0.467. The lowest BCUT2D eigenvalue weighted by Crippen LogP contribution is -2.44. The van der Waals surface area contributed by atoms with Crippen molar-refractivity contribution in [3.05, 3.63) is 28.8 Å². The normalized spacial score (nSPS) is 20.8. The first-order valence-electron chi connectivity index (χ1n) is 7.11. The minimum absolute atomic E-state index is 0.0557. The molecule has 5 nitrogen and oxygen atoms in total. The number of carbonyl (C=O) groups is 2. The van der Waals surface area contributed by atoms with E-state index in [1.807, 2.05) is 6.07 Å². The Hall–Kier alpha value is -1.59. The number of amides is 2. The number of rotatable bonds is 1. The van der Waals surface area contributed by atoms with Crippen molar-refractivity contribution in [3.63, 3.8) is 0 Å². The standard InChI is InChI=1S/C15H17ClN2O3/c16-12-2-1-3-13-11(12)5-7-18(13)15(21)14(20)17-6-4-10(8-17)9-19/h1-3,10,19H,4-9H2. The van der Waals surface area contributed by atoms with Crippen LogP contribution < -0.4 is 4.90 Å². The zero-order valence-corrected chi connectivity index (χ0v) is 12.3. The lowest BCUT2D eigenvalue weighted by molar-refractivity contribution is -0.143. The molecule has 1 atom stereocenters. The summed E-state index contributed by atoms with van der Waals surface area (Å²) in [6.07, 6.45) is 1.42. The summed E-state index contributed by atoms with van der Waals surface area (Å²) in [4.78, 5) is 27.8. The molecule has 0 aromatic heterocycles. The number of carbonyl (C=O) groups excluding carboxylic acids is 2. The van der Waals surface area contributed by atoms with Gasteiger partial charge in [-0.2, -0.15) is 0 Å². The molecule has 3 rings (SSSR count). The van der Waals surface area contributed by atoms with Gasteiger partial charge in [0.05, 0.1) is 0 Å². The highest BCUT2D eigenvalue weighted by molar-refractivity contribution is 6.41. The molecule has 1 N–H and O–H groups in total. The van der Waals surface area contributed by atoms with Crippen molar-refractivity contribution in [2.45, 2.75) is 12.8 Å². The molecule has 112 valence electrons. The molecule has 21 heavy (non-hydrogen) atoms. The molecule has 1 aromatic carbocycles. The molecule has 0 radical (unpaired) electrons. The van der Waals surface area contributed by atoms with E-state index in [-0.39, 0.29) is 12.5 Å². The maximum Gasteiger partial charge on any atom is 0.316 e. The average molecular weight is 309 g/mol. The van der Waals surface area contributed by atoms with Crippen molar-refractivity contribution in [1.29, 1.82) is 0 Å². The van der Waals surface area contributed by atoms with Gasteiger partial charge in [-0.05, 0) is 30.5 Å². The van der Waals surface area contributed by atoms with Crippen molar-refractivity contribution in [3.8, 4) is 0 Å². The summed E-state index contributed by atoms with van der Waals surface area (Å²) in [6, 6.07) is 5.40. The number of benzene rings is 1. The molecular weight excluding hydrogens is 292 g/mol. The van der Waals surface area contributed by atoms with Crippen molar-refractivity contribution >= 4 is 29.1 Å². The van der Waals surface area contributed by atoms with Gasteiger partial charge in [0.2, 0.25) is 0 Å². The van der Waals surface area contributed by atoms with E-state index >= 15 is 0 Å². The fourth-order valence-electron chi connectivity index (χ4n) is 3.02. The SMILES string of the molecule is O=C(C(=O)N1CCc2c(Cl)cccc21)N1CCC(CO)C1. The van der Waals surface area contributed by atoms with Crippen LogP contribution in [0.25, 0.3) is 0 Å². The molecule has 1 saturated heterocycles. The van der Waals surface area contributed by atoms with Gasteiger partial charge in [0.25, 0.3) is 0 Å². The summed E-state index contributed by atoms with van der Waals surface area (Å²) in [5.74, 6) is -0.907. The number of nitrogens with zero attached hydrogens (tertiary/aromatic N) is 2. The van der Waals surface area contributed by atoms with Gasteiger partial charge < -0.3 is 14.9 Å². The monoisotopic (exact) mass is 308 g/mol. The number of likely N-dealkylation sites (tertiary alicyclic amines) is 1. The lowest BCUT2D eigenvalue weighted by Gasteiger charge is -2.21. The molecule has 0 bridgehead atoms. The predicted molar refractivity (Wildman–Crippen MR) is 79.3 cm³/mol. The quantitative estimate of drug-likeness (QED) is 0.790. The molecule has 1 aromatic rings. The Bertz CT molecular complexity index is 590. The van der Waals surface area contributed by atoms with E-state index in [4.69, 9.17) is 16.7 Å². The summed E-state index contributed by atoms with van der Waals surface area (Å²) in [6.45, 7) is 1.53. The summed E-state index contributed by atoms with van der Waals surface area (Å²) in [5.41, 5.74) is 1.66. The molecule has 0 saturated carbocycles. The summed E-state index contributed by atoms with van der Waals surface area (Å²) in [7, 11) is 0. The average Bonchev–Trinajstić information content (AvgIpc) is 3.13. The fourth-order valence-corrected chi connectivity index (χ4v) is 3.28. The number of aliphatic hydroxyl groups is 1. The minimum Gasteiger partial charge on any atom is -0.396 e. The van der Waals surface area contributed by atoms with E-state index in [0.29, 0.717) is 31.1 Å². The van der Waals surface area contributed by atoms with Crippen molar-refractivity contribution in [1.82, 2.24) is 4.90 Å². The van der Waals surface area contributed by atoms with Gasteiger partial charge in [-0.25, -0.2) is 0 Å². The topological polar surface area (TPSA) is 60.9 Å². The van der Waals surface area contributed by atoms with Gasteiger partial charge >= 0.3 is 11.8 Å². The van der Waals surface area contributed by atoms with Gasteiger partial charge in [0.15, 0.2) is 0 Å². The van der Waals surface area contributed by atoms with E-state index < -0.39 is 11.8 Å². The Morgan fingerprint density at radius 3 is 2.81 bits per heavy atom. The first-order valence-corrected chi connectivity index (χ1v) is 7.48. The second-order valence-electron chi connectivity index (χ2n) is 5.53. The third-order valence-corrected chi connectivity index (χ3v) is 4.58. The number of halogens is 1. The highest BCUT2D eigenvalue weighted by Crippen LogP contribution is 2.33. The number of fused-ring (bicyclic) bond motifs is 1. The summed E-state index contributed by atoms with van der Waals surface area (Å²) < 4.78 is 0. The third-order valence-electron chi connectivity index (χ3n) is 4.23. The summed E-state index contributed by atoms with van der Waals surface area (Å²) >= 11 is 6.12. The third kappa shape index (κ3) is 2.51. The maximum absolute atomic E-state index is 12.4. The van der Waals surface area contributed by atoms with E-state index in [0.717, 1.165) is 17.7 Å². The van der Waals surface area contributed by atoms with Crippen LogP contribution in [0.1, 0.15) is 12.0 Å². The Balaban J connectivity index is 1.76. The van der Waals surface area contributed by atoms with Crippen LogP contribution in [-0.4, -0.2) is 48.1 Å². The predicted octanol–water partition coefficient (Wildman–Crippen LogP) is 1.07. The zero-order chi connectivity index (χ0) is 15.0. The number of anilines is 1. The second kappa shape index (κ2) is 5.66. The molecular formula is C15H17ClN2O3. The smallest absolute Gasteiger partial charge is 0.316 e. The maximum atomic E-state index is 12.4. The van der Waals surface area contributed by atoms with Gasteiger partial charge in [-0.1, -0.05) is 17.7 Å². The van der Waals surface area contributed by atoms with Gasteiger partial charge in [0.1, 0.15) is 0 Å². The molecule has 0 spiro atoms. The van der Waals surface area contributed by atoms with E-state index in [2.05, 4.69) is 0 Å². The Morgan fingerprint density at radius 1 is 1.29 bits per heavy atom. The number of hydrogen-bond acceptors (Lipinski definition) is 3. The first kappa shape index (κ1) is 14.4. The Labute approximate surface area is 128 Å². The Morgan fingerprint density at radius 2 is 2.10 bits per heavy atom. The van der Waals surface area contributed by atoms with Crippen LogP contribution in [0, 0.1) is 5.92 Å². The summed E-state index contributed by atoms with van der Waals surface area (Å²) in [5, 5.41) is 9.76. The highest BCUT2D eigenvalue weighted by Gasteiger charge is 2.35.